The van der Waals surface area contributed by atoms with Gasteiger partial charge in [0.1, 0.15) is 5.75 Å². The van der Waals surface area contributed by atoms with E-state index in [0.29, 0.717) is 36.7 Å². The smallest absolute Gasteiger partial charge is 0.201 e. The van der Waals surface area contributed by atoms with Crippen LogP contribution in [0.3, 0.4) is 0 Å². The van der Waals surface area contributed by atoms with Gasteiger partial charge in [-0.25, -0.2) is 0 Å². The van der Waals surface area contributed by atoms with Crippen LogP contribution in [0.4, 0.5) is 0 Å². The molecule has 0 N–H and O–H groups in total. The van der Waals surface area contributed by atoms with Crippen LogP contribution >= 0.6 is 0 Å². The molecule has 0 radical (unpaired) electrons. The zero-order valence-corrected chi connectivity index (χ0v) is 29.1. The maximum atomic E-state index is 6.98. The van der Waals surface area contributed by atoms with Crippen LogP contribution in [0.2, 0.25) is 0 Å². The fourth-order valence-corrected chi connectivity index (χ4v) is 7.92. The quantitative estimate of drug-likeness (QED) is 0.146. The zero-order chi connectivity index (χ0) is 33.0. The number of benzene rings is 4. The van der Waals surface area contributed by atoms with Gasteiger partial charge in [-0.05, 0) is 69.5 Å². The fraction of sp³-hybridized carbons (Fsp3) is 0.378. The predicted octanol–water partition coefficient (Wildman–Crippen LogP) is 11.6. The highest BCUT2D eigenvalue weighted by Crippen LogP contribution is 2.49. The molecule has 0 aliphatic heterocycles. The third kappa shape index (κ3) is 7.49. The Morgan fingerprint density at radius 3 is 1.81 bits per heavy atom. The van der Waals surface area contributed by atoms with Crippen molar-refractivity contribution in [3.63, 3.8) is 0 Å². The molecule has 4 aromatic carbocycles. The number of ether oxygens (including phenoxy) is 2. The van der Waals surface area contributed by atoms with E-state index in [1.165, 1.54) is 27.8 Å². The van der Waals surface area contributed by atoms with E-state index in [2.05, 4.69) is 175 Å². The lowest BCUT2D eigenvalue weighted by atomic mass is 9.73. The predicted molar refractivity (Wildman–Crippen MR) is 196 cm³/mol. The molecular weight excluding hydrogens is 572 g/mol. The van der Waals surface area contributed by atoms with Gasteiger partial charge >= 0.3 is 0 Å². The molecule has 244 valence electrons. The molecular formula is C45H52O2. The molecule has 0 aromatic heterocycles. The summed E-state index contributed by atoms with van der Waals surface area (Å²) in [6.45, 7) is 14.6. The van der Waals surface area contributed by atoms with Crippen molar-refractivity contribution in [1.29, 1.82) is 0 Å². The standard InChI is InChI=1S/C45H52O2/c1-32(2)41(29-44(3,4)5)33-25-27-36(28-26-33)47-43(30-45(6,34-17-9-7-10-18-34)35-19-11-8-12-20-35)46-31-42-39-23-15-13-21-37(39)38-22-14-16-24-40(38)42/h7-28,32,37,39,41-43H,29-31H2,1-6H3. The van der Waals surface area contributed by atoms with Gasteiger partial charge in [0.25, 0.3) is 0 Å². The molecule has 0 spiro atoms. The van der Waals surface area contributed by atoms with Gasteiger partial charge in [-0.1, -0.05) is 163 Å². The number of hydrogen-bond donors (Lipinski definition) is 0. The molecule has 0 fully saturated rings. The van der Waals surface area contributed by atoms with E-state index < -0.39 is 6.29 Å². The molecule has 4 aromatic rings. The van der Waals surface area contributed by atoms with Gasteiger partial charge in [0, 0.05) is 23.7 Å². The van der Waals surface area contributed by atoms with Crippen LogP contribution < -0.4 is 4.74 Å². The summed E-state index contributed by atoms with van der Waals surface area (Å²) in [4.78, 5) is 0. The molecule has 0 saturated heterocycles. The van der Waals surface area contributed by atoms with E-state index in [1.807, 2.05) is 0 Å². The Morgan fingerprint density at radius 1 is 0.638 bits per heavy atom. The summed E-state index contributed by atoms with van der Waals surface area (Å²) in [5.74, 6) is 2.99. The Bertz CT molecular complexity index is 1600. The first-order valence-corrected chi connectivity index (χ1v) is 17.6. The second-order valence-electron chi connectivity index (χ2n) is 15.4. The summed E-state index contributed by atoms with van der Waals surface area (Å²) in [6, 6.07) is 39.4. The molecule has 2 aliphatic carbocycles. The highest BCUT2D eigenvalue weighted by atomic mass is 16.7. The highest BCUT2D eigenvalue weighted by Gasteiger charge is 2.40. The van der Waals surface area contributed by atoms with Crippen LogP contribution in [-0.2, 0) is 10.2 Å². The second kappa shape index (κ2) is 14.1. The normalized spacial score (nSPS) is 20.1. The second-order valence-corrected chi connectivity index (χ2v) is 15.4. The lowest BCUT2D eigenvalue weighted by molar-refractivity contribution is -0.0985. The Kier molecular flexibility index (Phi) is 9.90. The molecule has 2 heteroatoms. The van der Waals surface area contributed by atoms with Crippen molar-refractivity contribution in [2.75, 3.05) is 6.61 Å². The number of rotatable bonds is 12. The summed E-state index contributed by atoms with van der Waals surface area (Å²) >= 11 is 0. The molecule has 5 unspecified atom stereocenters. The van der Waals surface area contributed by atoms with Gasteiger partial charge < -0.3 is 9.47 Å². The molecule has 5 atom stereocenters. The molecule has 2 aliphatic rings. The van der Waals surface area contributed by atoms with Crippen molar-refractivity contribution in [3.8, 4) is 5.75 Å². The van der Waals surface area contributed by atoms with Crippen molar-refractivity contribution in [3.05, 3.63) is 161 Å². The monoisotopic (exact) mass is 624 g/mol. The summed E-state index contributed by atoms with van der Waals surface area (Å²) in [6.07, 6.45) is 10.5. The third-order valence-corrected chi connectivity index (χ3v) is 10.5. The van der Waals surface area contributed by atoms with Gasteiger partial charge in [-0.15, -0.1) is 0 Å². The number of hydrogen-bond acceptors (Lipinski definition) is 2. The number of allylic oxidation sites excluding steroid dienone is 4. The molecule has 0 amide bonds. The molecule has 47 heavy (non-hydrogen) atoms. The Labute approximate surface area is 283 Å². The maximum Gasteiger partial charge on any atom is 0.201 e. The lowest BCUT2D eigenvalue weighted by Gasteiger charge is -2.35. The van der Waals surface area contributed by atoms with E-state index in [9.17, 15) is 0 Å². The minimum absolute atomic E-state index is 0.267. The van der Waals surface area contributed by atoms with Gasteiger partial charge in [0.15, 0.2) is 0 Å². The zero-order valence-electron chi connectivity index (χ0n) is 29.1. The Balaban J connectivity index is 1.31. The van der Waals surface area contributed by atoms with Crippen molar-refractivity contribution < 1.29 is 9.47 Å². The summed E-state index contributed by atoms with van der Waals surface area (Å²) in [5.41, 5.74) is 6.67. The van der Waals surface area contributed by atoms with E-state index in [-0.39, 0.29) is 16.7 Å². The summed E-state index contributed by atoms with van der Waals surface area (Å²) in [7, 11) is 0. The van der Waals surface area contributed by atoms with Gasteiger partial charge in [0.05, 0.1) is 6.61 Å². The van der Waals surface area contributed by atoms with Crippen molar-refractivity contribution in [1.82, 2.24) is 0 Å². The van der Waals surface area contributed by atoms with E-state index in [4.69, 9.17) is 9.47 Å². The molecule has 2 nitrogen and oxygen atoms in total. The van der Waals surface area contributed by atoms with Crippen molar-refractivity contribution in [2.45, 2.75) is 83.8 Å². The lowest BCUT2D eigenvalue weighted by Crippen LogP contribution is -2.35. The van der Waals surface area contributed by atoms with Crippen LogP contribution in [0.1, 0.15) is 100.0 Å². The van der Waals surface area contributed by atoms with Crippen LogP contribution in [0, 0.1) is 17.3 Å². The molecule has 0 bridgehead atoms. The average Bonchev–Trinajstić information content (AvgIpc) is 3.40. The minimum Gasteiger partial charge on any atom is -0.465 e. The van der Waals surface area contributed by atoms with Crippen LogP contribution in [0.15, 0.2) is 133 Å². The third-order valence-electron chi connectivity index (χ3n) is 10.5. The summed E-state index contributed by atoms with van der Waals surface area (Å²) in [5, 5.41) is 0. The van der Waals surface area contributed by atoms with E-state index in [1.54, 1.807) is 0 Å². The minimum atomic E-state index is -0.448. The van der Waals surface area contributed by atoms with Crippen molar-refractivity contribution >= 4 is 0 Å². The van der Waals surface area contributed by atoms with Crippen LogP contribution in [-0.4, -0.2) is 12.9 Å². The van der Waals surface area contributed by atoms with Gasteiger partial charge in [-0.3, -0.25) is 0 Å². The van der Waals surface area contributed by atoms with Crippen molar-refractivity contribution in [2.24, 2.45) is 17.3 Å². The average molecular weight is 625 g/mol. The topological polar surface area (TPSA) is 18.5 Å². The van der Waals surface area contributed by atoms with E-state index in [0.717, 1.165) is 12.2 Å². The highest BCUT2D eigenvalue weighted by molar-refractivity contribution is 5.46. The maximum absolute atomic E-state index is 6.98. The first-order valence-electron chi connectivity index (χ1n) is 17.6. The first-order chi connectivity index (χ1) is 22.6. The largest absolute Gasteiger partial charge is 0.465 e. The SMILES string of the molecule is CC(C)C(CC(C)(C)C)c1ccc(OC(CC(C)(c2ccccc2)c2ccccc2)OCC2c3ccccc3C3C=CC=CC32)cc1. The Hall–Kier alpha value is -3.88. The molecule has 0 heterocycles. The number of fused-ring (bicyclic) bond motifs is 3. The first kappa shape index (κ1) is 33.0. The van der Waals surface area contributed by atoms with Gasteiger partial charge in [0.2, 0.25) is 6.29 Å². The fourth-order valence-electron chi connectivity index (χ4n) is 7.92. The van der Waals surface area contributed by atoms with Crippen LogP contribution in [0.5, 0.6) is 5.75 Å². The van der Waals surface area contributed by atoms with Crippen LogP contribution in [0.25, 0.3) is 0 Å². The molecule has 6 rings (SSSR count). The summed E-state index contributed by atoms with van der Waals surface area (Å²) < 4.78 is 13.9. The van der Waals surface area contributed by atoms with Gasteiger partial charge in [-0.2, -0.15) is 0 Å². The molecule has 0 saturated carbocycles. The van der Waals surface area contributed by atoms with E-state index >= 15 is 0 Å². The Morgan fingerprint density at radius 2 is 1.21 bits per heavy atom.